The maximum atomic E-state index is 11.5. The van der Waals surface area contributed by atoms with Gasteiger partial charge in [-0.1, -0.05) is 6.92 Å². The number of amides is 1. The summed E-state index contributed by atoms with van der Waals surface area (Å²) in [5, 5.41) is 2.71. The number of hydrogen-bond acceptors (Lipinski definition) is 4. The van der Waals surface area contributed by atoms with E-state index >= 15 is 0 Å². The van der Waals surface area contributed by atoms with Crippen LogP contribution < -0.4 is 5.32 Å². The van der Waals surface area contributed by atoms with E-state index in [1.807, 2.05) is 27.7 Å². The van der Waals surface area contributed by atoms with Gasteiger partial charge >= 0.3 is 6.09 Å². The molecule has 5 heteroatoms. The van der Waals surface area contributed by atoms with Crippen molar-refractivity contribution in [3.8, 4) is 0 Å². The predicted molar refractivity (Wildman–Crippen MR) is 58.9 cm³/mol. The first-order valence-electron chi connectivity index (χ1n) is 5.31. The van der Waals surface area contributed by atoms with Crippen LogP contribution in [0.1, 0.15) is 46.0 Å². The highest BCUT2D eigenvalue weighted by Crippen LogP contribution is 2.15. The molecule has 0 saturated heterocycles. The Balaban J connectivity index is 2.55. The smallest absolute Gasteiger partial charge is 0.408 e. The van der Waals surface area contributed by atoms with E-state index in [-0.39, 0.29) is 6.04 Å². The third-order valence-corrected chi connectivity index (χ3v) is 1.85. The third-order valence-electron chi connectivity index (χ3n) is 1.85. The molecule has 1 aromatic heterocycles. The number of ether oxygens (including phenoxy) is 1. The van der Waals surface area contributed by atoms with Crippen molar-refractivity contribution < 1.29 is 13.9 Å². The molecule has 1 N–H and O–H groups in total. The van der Waals surface area contributed by atoms with Crippen molar-refractivity contribution >= 4 is 6.09 Å². The number of carbonyl (C=O) groups excluding carboxylic acids is 1. The lowest BCUT2D eigenvalue weighted by molar-refractivity contribution is 0.0494. The first-order chi connectivity index (χ1) is 7.42. The van der Waals surface area contributed by atoms with Crippen LogP contribution in [0.25, 0.3) is 0 Å². The van der Waals surface area contributed by atoms with Crippen LogP contribution in [-0.4, -0.2) is 16.7 Å². The molecule has 0 aromatic carbocycles. The largest absolute Gasteiger partial charge is 0.447 e. The van der Waals surface area contributed by atoms with Gasteiger partial charge in [0.25, 0.3) is 0 Å². The van der Waals surface area contributed by atoms with E-state index in [2.05, 4.69) is 10.3 Å². The van der Waals surface area contributed by atoms with Crippen molar-refractivity contribution in [3.63, 3.8) is 0 Å². The second-order valence-electron chi connectivity index (χ2n) is 4.48. The molecule has 1 amide bonds. The number of nitrogens with one attached hydrogen (secondary N) is 1. The van der Waals surface area contributed by atoms with Crippen LogP contribution in [0.5, 0.6) is 0 Å². The zero-order valence-electron chi connectivity index (χ0n) is 10.1. The Labute approximate surface area is 95.2 Å². The molecule has 90 valence electrons. The number of oxazole rings is 1. The fourth-order valence-corrected chi connectivity index (χ4v) is 1.19. The predicted octanol–water partition coefficient (Wildman–Crippen LogP) is 2.65. The number of nitrogens with zero attached hydrogens (tertiary/aromatic N) is 1. The molecule has 1 aromatic rings. The summed E-state index contributed by atoms with van der Waals surface area (Å²) >= 11 is 0. The first kappa shape index (κ1) is 12.5. The molecule has 0 spiro atoms. The third kappa shape index (κ3) is 3.92. The molecule has 0 aliphatic carbocycles. The molecule has 1 atom stereocenters. The van der Waals surface area contributed by atoms with Crippen molar-refractivity contribution in [1.29, 1.82) is 0 Å². The minimum atomic E-state index is -0.501. The Bertz CT molecular complexity index is 327. The maximum Gasteiger partial charge on any atom is 0.408 e. The maximum absolute atomic E-state index is 11.5. The zero-order valence-corrected chi connectivity index (χ0v) is 10.1. The SMILES string of the molecule is CC[C@@H](NC(=O)OC(C)(C)C)c1ncco1. The Hall–Kier alpha value is -1.52. The van der Waals surface area contributed by atoms with Gasteiger partial charge < -0.3 is 14.5 Å². The number of rotatable bonds is 3. The lowest BCUT2D eigenvalue weighted by atomic mass is 10.2. The second-order valence-corrected chi connectivity index (χ2v) is 4.48. The minimum Gasteiger partial charge on any atom is -0.447 e. The molecule has 0 unspecified atom stereocenters. The highest BCUT2D eigenvalue weighted by molar-refractivity contribution is 5.68. The summed E-state index contributed by atoms with van der Waals surface area (Å²) < 4.78 is 10.3. The lowest BCUT2D eigenvalue weighted by Crippen LogP contribution is -2.34. The van der Waals surface area contributed by atoms with Crippen molar-refractivity contribution in [2.24, 2.45) is 0 Å². The number of alkyl carbamates (subject to hydrolysis) is 1. The van der Waals surface area contributed by atoms with Crippen LogP contribution >= 0.6 is 0 Å². The molecule has 5 nitrogen and oxygen atoms in total. The number of carbonyl (C=O) groups is 1. The molecular formula is C11H18N2O3. The van der Waals surface area contributed by atoms with Gasteiger partial charge in [-0.05, 0) is 27.2 Å². The quantitative estimate of drug-likeness (QED) is 0.860. The van der Waals surface area contributed by atoms with Gasteiger partial charge in [-0.2, -0.15) is 0 Å². The summed E-state index contributed by atoms with van der Waals surface area (Å²) in [6, 6.07) is -0.246. The summed E-state index contributed by atoms with van der Waals surface area (Å²) in [4.78, 5) is 15.5. The van der Waals surface area contributed by atoms with Crippen molar-refractivity contribution in [2.45, 2.75) is 45.8 Å². The minimum absolute atomic E-state index is 0.246. The molecule has 0 saturated carbocycles. The molecule has 1 rings (SSSR count). The van der Waals surface area contributed by atoms with E-state index in [0.717, 1.165) is 0 Å². The van der Waals surface area contributed by atoms with Crippen LogP contribution in [0.15, 0.2) is 16.9 Å². The monoisotopic (exact) mass is 226 g/mol. The van der Waals surface area contributed by atoms with Gasteiger partial charge in [0, 0.05) is 0 Å². The summed E-state index contributed by atoms with van der Waals surface area (Å²) in [7, 11) is 0. The fraction of sp³-hybridized carbons (Fsp3) is 0.636. The van der Waals surface area contributed by atoms with Gasteiger partial charge in [-0.25, -0.2) is 9.78 Å². The van der Waals surface area contributed by atoms with Gasteiger partial charge in [0.15, 0.2) is 0 Å². The zero-order chi connectivity index (χ0) is 12.2. The van der Waals surface area contributed by atoms with Gasteiger partial charge in [0.2, 0.25) is 5.89 Å². The highest BCUT2D eigenvalue weighted by atomic mass is 16.6. The average molecular weight is 226 g/mol. The molecule has 0 aliphatic rings. The van der Waals surface area contributed by atoms with Crippen LogP contribution in [-0.2, 0) is 4.74 Å². The van der Waals surface area contributed by atoms with E-state index in [9.17, 15) is 4.79 Å². The van der Waals surface area contributed by atoms with E-state index in [1.165, 1.54) is 6.26 Å². The standard InChI is InChI=1S/C11H18N2O3/c1-5-8(9-12-6-7-15-9)13-10(14)16-11(2,3)4/h6-8H,5H2,1-4H3,(H,13,14)/t8-/m1/s1. The van der Waals surface area contributed by atoms with E-state index < -0.39 is 11.7 Å². The van der Waals surface area contributed by atoms with Crippen LogP contribution in [0.3, 0.4) is 0 Å². The molecule has 0 radical (unpaired) electrons. The highest BCUT2D eigenvalue weighted by Gasteiger charge is 2.21. The molecule has 0 aliphatic heterocycles. The van der Waals surface area contributed by atoms with E-state index in [1.54, 1.807) is 6.20 Å². The van der Waals surface area contributed by atoms with Crippen molar-refractivity contribution in [2.75, 3.05) is 0 Å². The number of hydrogen-bond donors (Lipinski definition) is 1. The first-order valence-corrected chi connectivity index (χ1v) is 5.31. The Morgan fingerprint density at radius 3 is 2.75 bits per heavy atom. The van der Waals surface area contributed by atoms with Crippen LogP contribution in [0, 0.1) is 0 Å². The van der Waals surface area contributed by atoms with Crippen LogP contribution in [0.4, 0.5) is 4.79 Å². The van der Waals surface area contributed by atoms with Gasteiger partial charge in [0.1, 0.15) is 17.9 Å². The van der Waals surface area contributed by atoms with Crippen molar-refractivity contribution in [3.05, 3.63) is 18.4 Å². The molecular weight excluding hydrogens is 208 g/mol. The van der Waals surface area contributed by atoms with Gasteiger partial charge in [-0.15, -0.1) is 0 Å². The van der Waals surface area contributed by atoms with E-state index in [4.69, 9.17) is 9.15 Å². The topological polar surface area (TPSA) is 64.4 Å². The fourth-order valence-electron chi connectivity index (χ4n) is 1.19. The molecule has 16 heavy (non-hydrogen) atoms. The second kappa shape index (κ2) is 5.01. The van der Waals surface area contributed by atoms with Crippen molar-refractivity contribution in [1.82, 2.24) is 10.3 Å². The number of aromatic nitrogens is 1. The molecule has 0 bridgehead atoms. The Morgan fingerprint density at radius 1 is 1.62 bits per heavy atom. The Kier molecular flexibility index (Phi) is 3.93. The summed E-state index contributed by atoms with van der Waals surface area (Å²) in [6.45, 7) is 7.39. The lowest BCUT2D eigenvalue weighted by Gasteiger charge is -2.21. The molecule has 1 heterocycles. The van der Waals surface area contributed by atoms with Gasteiger partial charge in [0.05, 0.1) is 6.20 Å². The average Bonchev–Trinajstić information content (AvgIpc) is 2.63. The summed E-state index contributed by atoms with van der Waals surface area (Å²) in [5.41, 5.74) is -0.501. The van der Waals surface area contributed by atoms with Gasteiger partial charge in [-0.3, -0.25) is 0 Å². The summed E-state index contributed by atoms with van der Waals surface area (Å²) in [6.07, 6.45) is 3.26. The Morgan fingerprint density at radius 2 is 2.31 bits per heavy atom. The summed E-state index contributed by atoms with van der Waals surface area (Å²) in [5.74, 6) is 0.494. The normalized spacial score (nSPS) is 13.2. The van der Waals surface area contributed by atoms with Crippen LogP contribution in [0.2, 0.25) is 0 Å². The van der Waals surface area contributed by atoms with E-state index in [0.29, 0.717) is 12.3 Å². The molecule has 0 fully saturated rings.